The first-order valence-corrected chi connectivity index (χ1v) is 7.68. The summed E-state index contributed by atoms with van der Waals surface area (Å²) in [6.07, 6.45) is 0.712. The van der Waals surface area contributed by atoms with Crippen molar-refractivity contribution < 1.29 is 13.2 Å². The van der Waals surface area contributed by atoms with Gasteiger partial charge in [0.25, 0.3) is 0 Å². The molecule has 0 unspecified atom stereocenters. The number of hydrogen-bond acceptors (Lipinski definition) is 5. The minimum atomic E-state index is -3.13. The van der Waals surface area contributed by atoms with Gasteiger partial charge in [-0.05, 0) is 6.42 Å². The molecule has 0 saturated carbocycles. The Kier molecular flexibility index (Phi) is 6.98. The Morgan fingerprint density at radius 1 is 1.35 bits per heavy atom. The molecular weight excluding hydrogens is 242 g/mol. The van der Waals surface area contributed by atoms with Crippen molar-refractivity contribution in [3.8, 4) is 0 Å². The topological polar surface area (TPSA) is 70.7 Å². The number of piperazine rings is 1. The van der Waals surface area contributed by atoms with Crippen molar-refractivity contribution in [2.75, 3.05) is 58.7 Å². The van der Waals surface area contributed by atoms with Crippen LogP contribution >= 0.6 is 0 Å². The van der Waals surface area contributed by atoms with Gasteiger partial charge in [-0.15, -0.1) is 0 Å². The molecule has 0 atom stereocenters. The van der Waals surface area contributed by atoms with Crippen molar-refractivity contribution in [3.63, 3.8) is 0 Å². The molecule has 1 heterocycles. The van der Waals surface area contributed by atoms with E-state index in [1.165, 1.54) is 0 Å². The van der Waals surface area contributed by atoms with E-state index in [0.717, 1.165) is 26.2 Å². The highest BCUT2D eigenvalue weighted by Crippen LogP contribution is 1.94. The molecule has 1 saturated heterocycles. The van der Waals surface area contributed by atoms with Crippen LogP contribution in [0, 0.1) is 0 Å². The lowest BCUT2D eigenvalue weighted by atomic mass is 10.4. The molecule has 0 aliphatic carbocycles. The minimum absolute atomic E-state index is 0.181. The van der Waals surface area contributed by atoms with Crippen LogP contribution in [0.1, 0.15) is 6.42 Å². The first-order valence-electron chi connectivity index (χ1n) is 6.03. The third kappa shape index (κ3) is 6.95. The number of nitrogens with zero attached hydrogens (tertiary/aromatic N) is 1. The van der Waals surface area contributed by atoms with Crippen molar-refractivity contribution >= 4 is 10.0 Å². The molecule has 0 radical (unpaired) electrons. The molecule has 0 amide bonds. The first kappa shape index (κ1) is 14.8. The highest BCUT2D eigenvalue weighted by Gasteiger charge is 2.14. The lowest BCUT2D eigenvalue weighted by Crippen LogP contribution is -2.46. The van der Waals surface area contributed by atoms with Crippen LogP contribution in [-0.4, -0.2) is 72.1 Å². The summed E-state index contributed by atoms with van der Waals surface area (Å²) >= 11 is 0. The summed E-state index contributed by atoms with van der Waals surface area (Å²) < 4.78 is 30.7. The number of methoxy groups -OCH3 is 1. The van der Waals surface area contributed by atoms with Gasteiger partial charge in [-0.2, -0.15) is 0 Å². The van der Waals surface area contributed by atoms with Crippen LogP contribution in [0.2, 0.25) is 0 Å². The van der Waals surface area contributed by atoms with Gasteiger partial charge in [0.2, 0.25) is 10.0 Å². The average Bonchev–Trinajstić information content (AvgIpc) is 2.34. The Bertz CT molecular complexity index is 289. The monoisotopic (exact) mass is 265 g/mol. The maximum absolute atomic E-state index is 11.6. The molecule has 1 fully saturated rings. The van der Waals surface area contributed by atoms with Crippen molar-refractivity contribution in [2.24, 2.45) is 0 Å². The molecule has 0 aromatic carbocycles. The van der Waals surface area contributed by atoms with Crippen LogP contribution in [0.15, 0.2) is 0 Å². The highest BCUT2D eigenvalue weighted by molar-refractivity contribution is 7.89. The molecular formula is C10H23N3O3S. The van der Waals surface area contributed by atoms with E-state index in [1.807, 2.05) is 0 Å². The molecule has 0 aromatic rings. The van der Waals surface area contributed by atoms with Crippen molar-refractivity contribution in [2.45, 2.75) is 6.42 Å². The number of rotatable bonds is 8. The van der Waals surface area contributed by atoms with Crippen LogP contribution in [-0.2, 0) is 14.8 Å². The Balaban J connectivity index is 2.14. The lowest BCUT2D eigenvalue weighted by Gasteiger charge is -2.26. The molecule has 0 aromatic heterocycles. The van der Waals surface area contributed by atoms with Gasteiger partial charge in [-0.25, -0.2) is 13.1 Å². The molecule has 1 aliphatic heterocycles. The largest absolute Gasteiger partial charge is 0.385 e. The van der Waals surface area contributed by atoms with Gasteiger partial charge in [0, 0.05) is 53.0 Å². The average molecular weight is 265 g/mol. The molecule has 6 nitrogen and oxygen atoms in total. The number of nitrogens with one attached hydrogen (secondary N) is 2. The van der Waals surface area contributed by atoms with Crippen LogP contribution in [0.5, 0.6) is 0 Å². The third-order valence-corrected chi connectivity index (χ3v) is 4.10. The summed E-state index contributed by atoms with van der Waals surface area (Å²) in [5, 5.41) is 3.24. The maximum atomic E-state index is 11.6. The fraction of sp³-hybridized carbons (Fsp3) is 1.00. The van der Waals surface area contributed by atoms with E-state index in [0.29, 0.717) is 26.1 Å². The normalized spacial score (nSPS) is 18.4. The highest BCUT2D eigenvalue weighted by atomic mass is 32.2. The number of ether oxygens (including phenoxy) is 1. The number of hydrogen-bond donors (Lipinski definition) is 2. The van der Waals surface area contributed by atoms with Crippen molar-refractivity contribution in [3.05, 3.63) is 0 Å². The van der Waals surface area contributed by atoms with E-state index >= 15 is 0 Å². The van der Waals surface area contributed by atoms with Gasteiger partial charge in [-0.3, -0.25) is 4.90 Å². The van der Waals surface area contributed by atoms with Gasteiger partial charge >= 0.3 is 0 Å². The Labute approximate surface area is 104 Å². The van der Waals surface area contributed by atoms with Gasteiger partial charge in [0.05, 0.1) is 5.75 Å². The molecule has 0 bridgehead atoms. The van der Waals surface area contributed by atoms with Crippen LogP contribution in [0.3, 0.4) is 0 Å². The summed E-state index contributed by atoms with van der Waals surface area (Å²) in [4.78, 5) is 2.17. The van der Waals surface area contributed by atoms with E-state index in [-0.39, 0.29) is 5.75 Å². The van der Waals surface area contributed by atoms with E-state index in [4.69, 9.17) is 4.74 Å². The summed E-state index contributed by atoms with van der Waals surface area (Å²) in [5.74, 6) is 0.181. The Morgan fingerprint density at radius 2 is 2.06 bits per heavy atom. The SMILES string of the molecule is COCCCNS(=O)(=O)CCN1CCNCC1. The molecule has 102 valence electrons. The summed E-state index contributed by atoms with van der Waals surface area (Å²) in [6.45, 7) is 5.40. The van der Waals surface area contributed by atoms with Crippen LogP contribution in [0.4, 0.5) is 0 Å². The minimum Gasteiger partial charge on any atom is -0.385 e. The fourth-order valence-corrected chi connectivity index (χ4v) is 2.80. The molecule has 1 rings (SSSR count). The van der Waals surface area contributed by atoms with Gasteiger partial charge in [0.15, 0.2) is 0 Å². The van der Waals surface area contributed by atoms with Crippen LogP contribution in [0.25, 0.3) is 0 Å². The summed E-state index contributed by atoms with van der Waals surface area (Å²) in [6, 6.07) is 0. The summed E-state index contributed by atoms with van der Waals surface area (Å²) in [5.41, 5.74) is 0. The standard InChI is InChI=1S/C10H23N3O3S/c1-16-9-2-3-12-17(14,15)10-8-13-6-4-11-5-7-13/h11-12H,2-10H2,1H3. The van der Waals surface area contributed by atoms with Gasteiger partial charge < -0.3 is 10.1 Å². The zero-order chi connectivity index (χ0) is 12.6. The van der Waals surface area contributed by atoms with Crippen molar-refractivity contribution in [1.82, 2.24) is 14.9 Å². The van der Waals surface area contributed by atoms with Gasteiger partial charge in [-0.1, -0.05) is 0 Å². The van der Waals surface area contributed by atoms with Gasteiger partial charge in [0.1, 0.15) is 0 Å². The molecule has 17 heavy (non-hydrogen) atoms. The second-order valence-corrected chi connectivity index (χ2v) is 6.08. The first-order chi connectivity index (χ1) is 8.14. The van der Waals surface area contributed by atoms with E-state index in [1.54, 1.807) is 7.11 Å². The maximum Gasteiger partial charge on any atom is 0.212 e. The smallest absolute Gasteiger partial charge is 0.212 e. The predicted octanol–water partition coefficient (Wildman–Crippen LogP) is -1.15. The second-order valence-electron chi connectivity index (χ2n) is 4.15. The zero-order valence-electron chi connectivity index (χ0n) is 10.4. The quantitative estimate of drug-likeness (QED) is 0.542. The second kappa shape index (κ2) is 7.99. The van der Waals surface area contributed by atoms with Crippen LogP contribution < -0.4 is 10.0 Å². The Morgan fingerprint density at radius 3 is 2.71 bits per heavy atom. The number of sulfonamides is 1. The lowest BCUT2D eigenvalue weighted by molar-refractivity contribution is 0.196. The Hall–Kier alpha value is -0.210. The third-order valence-electron chi connectivity index (χ3n) is 2.73. The summed E-state index contributed by atoms with van der Waals surface area (Å²) in [7, 11) is -1.52. The fourth-order valence-electron chi connectivity index (χ4n) is 1.70. The van der Waals surface area contributed by atoms with E-state index in [2.05, 4.69) is 14.9 Å². The van der Waals surface area contributed by atoms with E-state index in [9.17, 15) is 8.42 Å². The molecule has 2 N–H and O–H groups in total. The van der Waals surface area contributed by atoms with Crippen molar-refractivity contribution in [1.29, 1.82) is 0 Å². The predicted molar refractivity (Wildman–Crippen MR) is 67.6 cm³/mol. The molecule has 1 aliphatic rings. The molecule has 7 heteroatoms. The zero-order valence-corrected chi connectivity index (χ0v) is 11.3. The van der Waals surface area contributed by atoms with E-state index < -0.39 is 10.0 Å². The molecule has 0 spiro atoms.